The molecule has 0 unspecified atom stereocenters. The number of aliphatic hydroxyl groups is 1. The van der Waals surface area contributed by atoms with Crippen LogP contribution in [0.1, 0.15) is 17.2 Å². The summed E-state index contributed by atoms with van der Waals surface area (Å²) in [6.45, 7) is 3.89. The molecule has 20 heavy (non-hydrogen) atoms. The highest BCUT2D eigenvalue weighted by atomic mass is 35.5. The van der Waals surface area contributed by atoms with Gasteiger partial charge in [-0.25, -0.2) is 0 Å². The maximum absolute atomic E-state index is 10.4. The first-order chi connectivity index (χ1) is 9.40. The van der Waals surface area contributed by atoms with Gasteiger partial charge in [0.15, 0.2) is 0 Å². The maximum Gasteiger partial charge on any atom is 0.106 e. The fourth-order valence-corrected chi connectivity index (χ4v) is 2.85. The van der Waals surface area contributed by atoms with Crippen LogP contribution in [-0.2, 0) is 0 Å². The summed E-state index contributed by atoms with van der Waals surface area (Å²) < 4.78 is 0. The first-order valence-corrected chi connectivity index (χ1v) is 7.18. The Kier molecular flexibility index (Phi) is 5.00. The second-order valence-corrected chi connectivity index (χ2v) is 5.91. The highest BCUT2D eigenvalue weighted by Gasteiger charge is 2.18. The Bertz CT molecular complexity index is 667. The van der Waals surface area contributed by atoms with Gasteiger partial charge in [0.05, 0.1) is 0 Å². The number of halogens is 4. The van der Waals surface area contributed by atoms with Crippen molar-refractivity contribution in [2.75, 3.05) is 0 Å². The van der Waals surface area contributed by atoms with Gasteiger partial charge in [-0.2, -0.15) is 0 Å². The molecule has 0 aliphatic rings. The fourth-order valence-electron chi connectivity index (χ4n) is 1.81. The molecule has 5 heteroatoms. The minimum Gasteiger partial charge on any atom is -0.384 e. The summed E-state index contributed by atoms with van der Waals surface area (Å²) in [5.41, 5.74) is 1.58. The Morgan fingerprint density at radius 1 is 0.900 bits per heavy atom. The Morgan fingerprint density at radius 3 is 2.00 bits per heavy atom. The van der Waals surface area contributed by atoms with Crippen LogP contribution in [0.15, 0.2) is 43.0 Å². The molecule has 1 atom stereocenters. The lowest BCUT2D eigenvalue weighted by Crippen LogP contribution is -2.01. The molecular formula is C15H10Cl4O. The van der Waals surface area contributed by atoms with E-state index in [1.807, 2.05) is 0 Å². The minimum atomic E-state index is -0.974. The summed E-state index contributed by atoms with van der Waals surface area (Å²) in [6.07, 6.45) is -0.974. The second-order valence-electron chi connectivity index (χ2n) is 4.22. The maximum atomic E-state index is 10.4. The number of hydrogen-bond acceptors (Lipinski definition) is 1. The van der Waals surface area contributed by atoms with Crippen molar-refractivity contribution in [1.29, 1.82) is 0 Å². The van der Waals surface area contributed by atoms with Gasteiger partial charge in [0.25, 0.3) is 0 Å². The average Bonchev–Trinajstić information content (AvgIpc) is 2.37. The third-order valence-electron chi connectivity index (χ3n) is 2.86. The van der Waals surface area contributed by atoms with E-state index in [2.05, 4.69) is 6.58 Å². The number of aliphatic hydroxyl groups excluding tert-OH is 1. The van der Waals surface area contributed by atoms with Crippen LogP contribution in [0.25, 0.3) is 5.57 Å². The van der Waals surface area contributed by atoms with Gasteiger partial charge in [-0.3, -0.25) is 0 Å². The topological polar surface area (TPSA) is 20.2 Å². The van der Waals surface area contributed by atoms with Crippen molar-refractivity contribution >= 4 is 52.0 Å². The van der Waals surface area contributed by atoms with Crippen LogP contribution in [0.4, 0.5) is 0 Å². The monoisotopic (exact) mass is 346 g/mol. The molecule has 104 valence electrons. The highest BCUT2D eigenvalue weighted by Crippen LogP contribution is 2.37. The van der Waals surface area contributed by atoms with Gasteiger partial charge in [-0.05, 0) is 35.4 Å². The molecule has 2 aromatic carbocycles. The molecule has 2 rings (SSSR count). The molecule has 1 N–H and O–H groups in total. The first kappa shape index (κ1) is 15.7. The smallest absolute Gasteiger partial charge is 0.106 e. The lowest BCUT2D eigenvalue weighted by molar-refractivity contribution is 0.238. The van der Waals surface area contributed by atoms with E-state index in [0.717, 1.165) is 0 Å². The molecule has 0 saturated heterocycles. The van der Waals surface area contributed by atoms with E-state index < -0.39 is 6.10 Å². The van der Waals surface area contributed by atoms with E-state index in [1.54, 1.807) is 36.4 Å². The number of rotatable bonds is 3. The van der Waals surface area contributed by atoms with Crippen LogP contribution < -0.4 is 0 Å². The Balaban J connectivity index is 2.37. The number of hydrogen-bond donors (Lipinski definition) is 1. The summed E-state index contributed by atoms with van der Waals surface area (Å²) in [6, 6.07) is 9.87. The normalized spacial score (nSPS) is 12.2. The number of benzene rings is 2. The van der Waals surface area contributed by atoms with Crippen LogP contribution in [0.5, 0.6) is 0 Å². The van der Waals surface area contributed by atoms with Gasteiger partial charge in [0.2, 0.25) is 0 Å². The standard InChI is InChI=1S/C15H10Cl4O/c1-8(11-4-2-9(16)6-13(11)18)15(20)12-5-3-10(17)7-14(12)19/h2-7,15,20H,1H2/t15-/m1/s1. The summed E-state index contributed by atoms with van der Waals surface area (Å²) in [4.78, 5) is 0. The van der Waals surface area contributed by atoms with Gasteiger partial charge in [0, 0.05) is 25.7 Å². The van der Waals surface area contributed by atoms with Crippen molar-refractivity contribution in [2.24, 2.45) is 0 Å². The van der Waals surface area contributed by atoms with Crippen LogP contribution >= 0.6 is 46.4 Å². The Labute approximate surface area is 137 Å². The summed E-state index contributed by atoms with van der Waals surface area (Å²) in [7, 11) is 0. The first-order valence-electron chi connectivity index (χ1n) is 5.67. The van der Waals surface area contributed by atoms with Crippen molar-refractivity contribution in [3.05, 3.63) is 74.2 Å². The van der Waals surface area contributed by atoms with Crippen LogP contribution in [0, 0.1) is 0 Å². The largest absolute Gasteiger partial charge is 0.384 e. The molecule has 0 radical (unpaired) electrons. The molecule has 0 fully saturated rings. The second kappa shape index (κ2) is 6.38. The quantitative estimate of drug-likeness (QED) is 0.716. The molecule has 0 spiro atoms. The van der Waals surface area contributed by atoms with Crippen molar-refractivity contribution in [1.82, 2.24) is 0 Å². The van der Waals surface area contributed by atoms with Gasteiger partial charge in [0.1, 0.15) is 6.10 Å². The molecule has 1 nitrogen and oxygen atoms in total. The molecule has 0 saturated carbocycles. The zero-order valence-corrected chi connectivity index (χ0v) is 13.2. The predicted molar refractivity (Wildman–Crippen MR) is 86.9 cm³/mol. The lowest BCUT2D eigenvalue weighted by Gasteiger charge is -2.17. The van der Waals surface area contributed by atoms with Crippen LogP contribution in [0.3, 0.4) is 0 Å². The van der Waals surface area contributed by atoms with Crippen LogP contribution in [-0.4, -0.2) is 5.11 Å². The van der Waals surface area contributed by atoms with Gasteiger partial charge < -0.3 is 5.11 Å². The highest BCUT2D eigenvalue weighted by molar-refractivity contribution is 6.36. The zero-order chi connectivity index (χ0) is 14.9. The SMILES string of the molecule is C=C(c1ccc(Cl)cc1Cl)[C@@H](O)c1ccc(Cl)cc1Cl. The summed E-state index contributed by atoms with van der Waals surface area (Å²) in [5, 5.41) is 12.2. The molecule has 0 aromatic heterocycles. The molecular weight excluding hydrogens is 338 g/mol. The molecule has 0 amide bonds. The lowest BCUT2D eigenvalue weighted by atomic mass is 9.96. The van der Waals surface area contributed by atoms with Crippen molar-refractivity contribution < 1.29 is 5.11 Å². The van der Waals surface area contributed by atoms with E-state index in [0.29, 0.717) is 36.8 Å². The van der Waals surface area contributed by atoms with Crippen molar-refractivity contribution in [2.45, 2.75) is 6.10 Å². The van der Waals surface area contributed by atoms with Crippen molar-refractivity contribution in [3.63, 3.8) is 0 Å². The van der Waals surface area contributed by atoms with E-state index in [4.69, 9.17) is 46.4 Å². The van der Waals surface area contributed by atoms with Gasteiger partial charge >= 0.3 is 0 Å². The summed E-state index contributed by atoms with van der Waals surface area (Å²) >= 11 is 23.9. The molecule has 0 heterocycles. The molecule has 2 aromatic rings. The Hall–Kier alpha value is -0.700. The van der Waals surface area contributed by atoms with Crippen molar-refractivity contribution in [3.8, 4) is 0 Å². The molecule has 0 aliphatic heterocycles. The zero-order valence-electron chi connectivity index (χ0n) is 10.2. The minimum absolute atomic E-state index is 0.372. The third-order valence-corrected chi connectivity index (χ3v) is 3.97. The van der Waals surface area contributed by atoms with E-state index >= 15 is 0 Å². The van der Waals surface area contributed by atoms with E-state index in [-0.39, 0.29) is 0 Å². The van der Waals surface area contributed by atoms with Gasteiger partial charge in [-0.15, -0.1) is 0 Å². The van der Waals surface area contributed by atoms with E-state index in [9.17, 15) is 5.11 Å². The summed E-state index contributed by atoms with van der Waals surface area (Å²) in [5.74, 6) is 0. The van der Waals surface area contributed by atoms with E-state index in [1.165, 1.54) is 0 Å². The average molecular weight is 348 g/mol. The fraction of sp³-hybridized carbons (Fsp3) is 0.0667. The third kappa shape index (κ3) is 3.30. The molecule has 0 bridgehead atoms. The van der Waals surface area contributed by atoms with Crippen LogP contribution in [0.2, 0.25) is 20.1 Å². The van der Waals surface area contributed by atoms with Gasteiger partial charge in [-0.1, -0.05) is 65.1 Å². The Morgan fingerprint density at radius 2 is 1.45 bits per heavy atom. The predicted octanol–water partition coefficient (Wildman–Crippen LogP) is 6.05. The molecule has 0 aliphatic carbocycles.